The number of imidazole rings is 2. The lowest BCUT2D eigenvalue weighted by atomic mass is 9.99. The predicted molar refractivity (Wildman–Crippen MR) is 140 cm³/mol. The molecule has 2 atom stereocenters. The third-order valence-electron chi connectivity index (χ3n) is 7.08. The number of rotatable bonds is 4. The molecule has 4 heterocycles. The molecule has 2 fully saturated rings. The zero-order valence-electron chi connectivity index (χ0n) is 19.9. The van der Waals surface area contributed by atoms with Crippen LogP contribution in [-0.4, -0.2) is 59.5 Å². The van der Waals surface area contributed by atoms with E-state index in [1.165, 1.54) is 16.3 Å². The van der Waals surface area contributed by atoms with Gasteiger partial charge in [0.05, 0.1) is 61.4 Å². The summed E-state index contributed by atoms with van der Waals surface area (Å²) in [6, 6.07) is 19.8. The van der Waals surface area contributed by atoms with Crippen LogP contribution in [-0.2, 0) is 9.47 Å². The van der Waals surface area contributed by atoms with E-state index in [4.69, 9.17) is 14.5 Å². The molecule has 4 N–H and O–H groups in total. The van der Waals surface area contributed by atoms with Gasteiger partial charge in [0.15, 0.2) is 0 Å². The highest BCUT2D eigenvalue weighted by molar-refractivity contribution is 5.91. The van der Waals surface area contributed by atoms with Crippen molar-refractivity contribution in [3.05, 3.63) is 72.4 Å². The summed E-state index contributed by atoms with van der Waals surface area (Å²) in [5.41, 5.74) is 6.49. The molecular formula is C28H28N6O2. The molecule has 2 unspecified atom stereocenters. The lowest BCUT2D eigenvalue weighted by Crippen LogP contribution is -2.35. The van der Waals surface area contributed by atoms with Gasteiger partial charge < -0.3 is 30.1 Å². The van der Waals surface area contributed by atoms with E-state index in [2.05, 4.69) is 80.2 Å². The fourth-order valence-corrected chi connectivity index (χ4v) is 5.11. The average molecular weight is 481 g/mol. The second kappa shape index (κ2) is 9.15. The number of H-pyrrole nitrogens is 2. The maximum atomic E-state index is 5.60. The Labute approximate surface area is 208 Å². The Morgan fingerprint density at radius 2 is 1.36 bits per heavy atom. The number of benzene rings is 3. The van der Waals surface area contributed by atoms with Crippen LogP contribution in [0.15, 0.2) is 60.8 Å². The Hall–Kier alpha value is -3.56. The summed E-state index contributed by atoms with van der Waals surface area (Å²) in [5, 5.41) is 9.31. The number of hydrogen-bond acceptors (Lipinski definition) is 6. The van der Waals surface area contributed by atoms with Crippen LogP contribution in [0.25, 0.3) is 44.2 Å². The van der Waals surface area contributed by atoms with Crippen LogP contribution in [0.2, 0.25) is 0 Å². The predicted octanol–water partition coefficient (Wildman–Crippen LogP) is 4.10. The topological polar surface area (TPSA) is 99.9 Å². The van der Waals surface area contributed by atoms with Crippen LogP contribution in [0.3, 0.4) is 0 Å². The van der Waals surface area contributed by atoms with Gasteiger partial charge >= 0.3 is 0 Å². The van der Waals surface area contributed by atoms with Gasteiger partial charge in [-0.1, -0.05) is 30.3 Å². The minimum Gasteiger partial charge on any atom is -0.378 e. The van der Waals surface area contributed by atoms with Gasteiger partial charge in [-0.3, -0.25) is 0 Å². The quantitative estimate of drug-likeness (QED) is 0.309. The second-order valence-corrected chi connectivity index (χ2v) is 9.48. The summed E-state index contributed by atoms with van der Waals surface area (Å²) in [7, 11) is 0. The van der Waals surface area contributed by atoms with Crippen LogP contribution in [0.1, 0.15) is 23.7 Å². The summed E-state index contributed by atoms with van der Waals surface area (Å²) >= 11 is 0. The first-order valence-corrected chi connectivity index (χ1v) is 12.5. The van der Waals surface area contributed by atoms with Crippen LogP contribution in [0.4, 0.5) is 0 Å². The molecule has 7 rings (SSSR count). The van der Waals surface area contributed by atoms with Gasteiger partial charge in [-0.15, -0.1) is 0 Å². The summed E-state index contributed by atoms with van der Waals surface area (Å²) in [6.45, 7) is 4.48. The molecule has 2 aliphatic rings. The molecule has 0 saturated carbocycles. The molecule has 0 aliphatic carbocycles. The third kappa shape index (κ3) is 4.08. The van der Waals surface area contributed by atoms with Gasteiger partial charge in [0.25, 0.3) is 0 Å². The van der Waals surface area contributed by atoms with Crippen LogP contribution in [0, 0.1) is 0 Å². The van der Waals surface area contributed by atoms with Crippen molar-refractivity contribution in [2.24, 2.45) is 0 Å². The van der Waals surface area contributed by atoms with Gasteiger partial charge in [0, 0.05) is 18.7 Å². The summed E-state index contributed by atoms with van der Waals surface area (Å²) in [6.07, 6.45) is 1.91. The Balaban J connectivity index is 1.15. The zero-order chi connectivity index (χ0) is 23.9. The zero-order valence-corrected chi connectivity index (χ0v) is 19.9. The fraction of sp³-hybridized carbons (Fsp3) is 0.286. The monoisotopic (exact) mass is 480 g/mol. The number of morpholine rings is 2. The Morgan fingerprint density at radius 3 is 2.11 bits per heavy atom. The van der Waals surface area contributed by atoms with Crippen molar-refractivity contribution in [2.75, 3.05) is 39.5 Å². The molecule has 0 spiro atoms. The molecule has 36 heavy (non-hydrogen) atoms. The molecule has 2 aliphatic heterocycles. The van der Waals surface area contributed by atoms with E-state index in [1.807, 2.05) is 6.20 Å². The van der Waals surface area contributed by atoms with Crippen molar-refractivity contribution in [1.82, 2.24) is 30.6 Å². The lowest BCUT2D eigenvalue weighted by molar-refractivity contribution is 0.0745. The first-order chi connectivity index (χ1) is 17.8. The standard InChI is InChI=1S/C28H28N6O2/c1-2-19-12-21(24-14-31-27(34-24)25-15-35-9-7-29-25)4-3-17(19)11-18(1)20-5-6-22-23(13-20)33-28(32-22)26-16-36-10-8-30-26/h1-6,11-14,25-26,29-30H,7-10,15-16H2,(H,31,34)(H,32,33). The van der Waals surface area contributed by atoms with Crippen molar-refractivity contribution in [3.8, 4) is 22.4 Å². The number of aromatic amines is 2. The molecule has 8 nitrogen and oxygen atoms in total. The summed E-state index contributed by atoms with van der Waals surface area (Å²) in [4.78, 5) is 16.3. The van der Waals surface area contributed by atoms with Crippen molar-refractivity contribution in [2.45, 2.75) is 12.1 Å². The van der Waals surface area contributed by atoms with Crippen molar-refractivity contribution in [3.63, 3.8) is 0 Å². The number of hydrogen-bond donors (Lipinski definition) is 4. The van der Waals surface area contributed by atoms with Crippen molar-refractivity contribution in [1.29, 1.82) is 0 Å². The average Bonchev–Trinajstić information content (AvgIpc) is 3.61. The highest BCUT2D eigenvalue weighted by atomic mass is 16.5. The van der Waals surface area contributed by atoms with E-state index < -0.39 is 0 Å². The van der Waals surface area contributed by atoms with E-state index in [-0.39, 0.29) is 12.1 Å². The van der Waals surface area contributed by atoms with Gasteiger partial charge in [0.2, 0.25) is 0 Å². The first-order valence-electron chi connectivity index (χ1n) is 12.5. The number of fused-ring (bicyclic) bond motifs is 2. The Kier molecular flexibility index (Phi) is 5.51. The smallest absolute Gasteiger partial charge is 0.126 e. The van der Waals surface area contributed by atoms with E-state index in [9.17, 15) is 0 Å². The Bertz CT molecular complexity index is 1530. The van der Waals surface area contributed by atoms with E-state index >= 15 is 0 Å². The summed E-state index contributed by atoms with van der Waals surface area (Å²) < 4.78 is 11.2. The molecule has 2 saturated heterocycles. The second-order valence-electron chi connectivity index (χ2n) is 9.48. The van der Waals surface area contributed by atoms with E-state index in [0.717, 1.165) is 65.8 Å². The SMILES string of the molecule is c1cc2cc(-c3cnc(C4COCCN4)[nH]3)ccc2cc1-c1ccc2nc(C3COCCN3)[nH]c2c1. The number of aromatic nitrogens is 4. The highest BCUT2D eigenvalue weighted by Crippen LogP contribution is 2.30. The molecule has 0 radical (unpaired) electrons. The number of nitrogens with one attached hydrogen (secondary N) is 4. The van der Waals surface area contributed by atoms with E-state index in [0.29, 0.717) is 13.2 Å². The molecular weight excluding hydrogens is 452 g/mol. The van der Waals surface area contributed by atoms with Crippen LogP contribution >= 0.6 is 0 Å². The van der Waals surface area contributed by atoms with Crippen LogP contribution < -0.4 is 10.6 Å². The summed E-state index contributed by atoms with van der Waals surface area (Å²) in [5.74, 6) is 1.85. The molecule has 3 aromatic carbocycles. The molecule has 0 amide bonds. The number of nitrogens with zero attached hydrogens (tertiary/aromatic N) is 2. The minimum absolute atomic E-state index is 0.114. The molecule has 182 valence electrons. The third-order valence-corrected chi connectivity index (χ3v) is 7.08. The van der Waals surface area contributed by atoms with Crippen molar-refractivity contribution < 1.29 is 9.47 Å². The highest BCUT2D eigenvalue weighted by Gasteiger charge is 2.20. The number of ether oxygens (including phenoxy) is 2. The minimum atomic E-state index is 0.114. The first kappa shape index (κ1) is 21.7. The molecule has 2 aromatic heterocycles. The van der Waals surface area contributed by atoms with Gasteiger partial charge in [-0.25, -0.2) is 9.97 Å². The Morgan fingerprint density at radius 1 is 0.694 bits per heavy atom. The van der Waals surface area contributed by atoms with E-state index in [1.54, 1.807) is 0 Å². The fourth-order valence-electron chi connectivity index (χ4n) is 5.11. The van der Waals surface area contributed by atoms with Gasteiger partial charge in [-0.2, -0.15) is 0 Å². The molecule has 8 heteroatoms. The largest absolute Gasteiger partial charge is 0.378 e. The molecule has 5 aromatic rings. The maximum Gasteiger partial charge on any atom is 0.126 e. The van der Waals surface area contributed by atoms with Gasteiger partial charge in [0.1, 0.15) is 11.6 Å². The van der Waals surface area contributed by atoms with Crippen LogP contribution in [0.5, 0.6) is 0 Å². The lowest BCUT2D eigenvalue weighted by Gasteiger charge is -2.21. The molecule has 0 bridgehead atoms. The maximum absolute atomic E-state index is 5.60. The van der Waals surface area contributed by atoms with Gasteiger partial charge in [-0.05, 0) is 46.2 Å². The van der Waals surface area contributed by atoms with Crippen molar-refractivity contribution >= 4 is 21.8 Å². The normalized spacial score (nSPS) is 20.8.